The van der Waals surface area contributed by atoms with Crippen molar-refractivity contribution >= 4 is 29.4 Å². The number of non-ortho nitro benzene ring substituents is 1. The van der Waals surface area contributed by atoms with Crippen molar-refractivity contribution in [3.05, 3.63) is 111 Å². The summed E-state index contributed by atoms with van der Waals surface area (Å²) >= 11 is 6.03. The average Bonchev–Trinajstić information content (AvgIpc) is 3.18. The van der Waals surface area contributed by atoms with Crippen LogP contribution in [0.5, 0.6) is 0 Å². The topological polar surface area (TPSA) is 61.0 Å². The van der Waals surface area contributed by atoms with Crippen LogP contribution in [-0.2, 0) is 0 Å². The fraction of sp³-hybridized carbons (Fsp3) is 0. The summed E-state index contributed by atoms with van der Waals surface area (Å²) in [5.74, 6) is 0. The van der Waals surface area contributed by atoms with E-state index >= 15 is 0 Å². The van der Waals surface area contributed by atoms with Crippen LogP contribution in [0.15, 0.2) is 85.1 Å². The average molecular weight is 402 g/mol. The van der Waals surface area contributed by atoms with Gasteiger partial charge in [-0.25, -0.2) is 4.68 Å². The highest BCUT2D eigenvalue weighted by molar-refractivity contribution is 6.30. The van der Waals surface area contributed by atoms with Crippen LogP contribution in [0.2, 0.25) is 5.02 Å². The minimum absolute atomic E-state index is 0.0703. The summed E-state index contributed by atoms with van der Waals surface area (Å²) in [4.78, 5) is 10.4. The maximum Gasteiger partial charge on any atom is 0.269 e. The van der Waals surface area contributed by atoms with E-state index in [0.29, 0.717) is 5.02 Å². The Morgan fingerprint density at radius 3 is 2.24 bits per heavy atom. The fourth-order valence-electron chi connectivity index (χ4n) is 2.95. The molecule has 0 saturated carbocycles. The highest BCUT2D eigenvalue weighted by Gasteiger charge is 2.11. The van der Waals surface area contributed by atoms with Crippen molar-refractivity contribution in [2.45, 2.75) is 0 Å². The van der Waals surface area contributed by atoms with Crippen LogP contribution in [-0.4, -0.2) is 14.7 Å². The van der Waals surface area contributed by atoms with Gasteiger partial charge in [-0.15, -0.1) is 0 Å². The zero-order valence-electron chi connectivity index (χ0n) is 15.3. The van der Waals surface area contributed by atoms with E-state index in [1.807, 2.05) is 77.6 Å². The monoisotopic (exact) mass is 401 g/mol. The number of hydrogen-bond donors (Lipinski definition) is 0. The second kappa shape index (κ2) is 8.12. The van der Waals surface area contributed by atoms with Gasteiger partial charge in [-0.05, 0) is 42.0 Å². The number of halogens is 1. The van der Waals surface area contributed by atoms with Gasteiger partial charge in [0.2, 0.25) is 0 Å². The predicted octanol–water partition coefficient (Wildman–Crippen LogP) is 6.27. The lowest BCUT2D eigenvalue weighted by molar-refractivity contribution is -0.384. The Kier molecular flexibility index (Phi) is 5.22. The van der Waals surface area contributed by atoms with Gasteiger partial charge in [-0.2, -0.15) is 5.10 Å². The molecule has 0 fully saturated rings. The molecular weight excluding hydrogens is 386 g/mol. The van der Waals surface area contributed by atoms with Crippen LogP contribution in [0, 0.1) is 10.1 Å². The summed E-state index contributed by atoms with van der Waals surface area (Å²) in [6.45, 7) is 0. The van der Waals surface area contributed by atoms with Crippen LogP contribution in [0.3, 0.4) is 0 Å². The fourth-order valence-corrected chi connectivity index (χ4v) is 3.07. The maximum atomic E-state index is 10.8. The van der Waals surface area contributed by atoms with Gasteiger partial charge in [0.15, 0.2) is 0 Å². The zero-order chi connectivity index (χ0) is 20.2. The first kappa shape index (κ1) is 18.7. The van der Waals surface area contributed by atoms with Crippen LogP contribution in [0.25, 0.3) is 29.1 Å². The van der Waals surface area contributed by atoms with Crippen molar-refractivity contribution in [3.8, 4) is 16.9 Å². The van der Waals surface area contributed by atoms with E-state index in [9.17, 15) is 10.1 Å². The number of nitrogens with zero attached hydrogens (tertiary/aromatic N) is 3. The molecule has 29 heavy (non-hydrogen) atoms. The molecule has 0 N–H and O–H groups in total. The van der Waals surface area contributed by atoms with Crippen LogP contribution < -0.4 is 0 Å². The molecule has 1 aromatic heterocycles. The van der Waals surface area contributed by atoms with Crippen molar-refractivity contribution in [3.63, 3.8) is 0 Å². The highest BCUT2D eigenvalue weighted by atomic mass is 35.5. The summed E-state index contributed by atoms with van der Waals surface area (Å²) in [5, 5.41) is 16.3. The van der Waals surface area contributed by atoms with Gasteiger partial charge in [0, 0.05) is 34.5 Å². The van der Waals surface area contributed by atoms with E-state index in [2.05, 4.69) is 0 Å². The van der Waals surface area contributed by atoms with E-state index in [1.165, 1.54) is 12.1 Å². The van der Waals surface area contributed by atoms with Crippen molar-refractivity contribution in [2.75, 3.05) is 0 Å². The maximum absolute atomic E-state index is 10.8. The molecule has 0 aliphatic heterocycles. The van der Waals surface area contributed by atoms with E-state index in [0.717, 1.165) is 28.1 Å². The van der Waals surface area contributed by atoms with Gasteiger partial charge in [0.25, 0.3) is 5.69 Å². The summed E-state index contributed by atoms with van der Waals surface area (Å²) in [6.07, 6.45) is 5.83. The van der Waals surface area contributed by atoms with Gasteiger partial charge >= 0.3 is 0 Å². The molecule has 142 valence electrons. The molecule has 1 heterocycles. The molecule has 0 bridgehead atoms. The summed E-state index contributed by atoms with van der Waals surface area (Å²) in [7, 11) is 0. The van der Waals surface area contributed by atoms with Crippen LogP contribution in [0.4, 0.5) is 5.69 Å². The van der Waals surface area contributed by atoms with Gasteiger partial charge in [-0.1, -0.05) is 54.1 Å². The molecule has 0 unspecified atom stereocenters. The Bertz CT molecular complexity index is 1170. The van der Waals surface area contributed by atoms with Crippen molar-refractivity contribution < 1.29 is 4.92 Å². The molecule has 4 rings (SSSR count). The molecule has 0 saturated heterocycles. The van der Waals surface area contributed by atoms with Crippen molar-refractivity contribution in [1.82, 2.24) is 9.78 Å². The predicted molar refractivity (Wildman–Crippen MR) is 116 cm³/mol. The van der Waals surface area contributed by atoms with Gasteiger partial charge in [0.05, 0.1) is 16.3 Å². The number of nitro groups is 1. The zero-order valence-corrected chi connectivity index (χ0v) is 16.0. The second-order valence-corrected chi connectivity index (χ2v) is 6.84. The Balaban J connectivity index is 1.73. The standard InChI is InChI=1S/C23H16ClN3O2/c24-20-12-10-18(11-13-20)23-19(16-26(25-23)21-4-2-1-3-5-21)9-6-17-7-14-22(15-8-17)27(28)29/h1-16H. The van der Waals surface area contributed by atoms with Crippen molar-refractivity contribution in [1.29, 1.82) is 0 Å². The van der Waals surface area contributed by atoms with Gasteiger partial charge < -0.3 is 0 Å². The van der Waals surface area contributed by atoms with E-state index in [1.54, 1.807) is 12.1 Å². The van der Waals surface area contributed by atoms with Crippen LogP contribution >= 0.6 is 11.6 Å². The molecular formula is C23H16ClN3O2. The van der Waals surface area contributed by atoms with Gasteiger partial charge in [0.1, 0.15) is 0 Å². The molecule has 0 aliphatic rings. The van der Waals surface area contributed by atoms with E-state index in [-0.39, 0.29) is 5.69 Å². The molecule has 4 aromatic rings. The minimum atomic E-state index is -0.407. The van der Waals surface area contributed by atoms with E-state index in [4.69, 9.17) is 16.7 Å². The number of aromatic nitrogens is 2. The summed E-state index contributed by atoms with van der Waals surface area (Å²) < 4.78 is 1.83. The molecule has 3 aromatic carbocycles. The third-order valence-corrected chi connectivity index (χ3v) is 4.69. The molecule has 0 aliphatic carbocycles. The molecule has 0 spiro atoms. The largest absolute Gasteiger partial charge is 0.269 e. The molecule has 5 nitrogen and oxygen atoms in total. The number of benzene rings is 3. The molecule has 6 heteroatoms. The van der Waals surface area contributed by atoms with Crippen molar-refractivity contribution in [2.24, 2.45) is 0 Å². The molecule has 0 radical (unpaired) electrons. The summed E-state index contributed by atoms with van der Waals surface area (Å²) in [5.41, 5.74) is 4.59. The minimum Gasteiger partial charge on any atom is -0.258 e. The third kappa shape index (κ3) is 4.25. The number of nitro benzene ring substituents is 1. The Morgan fingerprint density at radius 2 is 1.59 bits per heavy atom. The lowest BCUT2D eigenvalue weighted by Gasteiger charge is -2.01. The Hall–Kier alpha value is -3.70. The normalized spacial score (nSPS) is 11.1. The SMILES string of the molecule is O=[N+]([O-])c1ccc(C=Cc2cn(-c3ccccc3)nc2-c2ccc(Cl)cc2)cc1. The first-order valence-electron chi connectivity index (χ1n) is 8.94. The quantitative estimate of drug-likeness (QED) is 0.292. The number of para-hydroxylation sites is 1. The summed E-state index contributed by atoms with van der Waals surface area (Å²) in [6, 6.07) is 23.8. The second-order valence-electron chi connectivity index (χ2n) is 6.40. The third-order valence-electron chi connectivity index (χ3n) is 4.44. The number of rotatable bonds is 5. The van der Waals surface area contributed by atoms with Crippen LogP contribution in [0.1, 0.15) is 11.1 Å². The Morgan fingerprint density at radius 1 is 0.897 bits per heavy atom. The molecule has 0 atom stereocenters. The lowest BCUT2D eigenvalue weighted by Crippen LogP contribution is -1.93. The highest BCUT2D eigenvalue weighted by Crippen LogP contribution is 2.27. The smallest absolute Gasteiger partial charge is 0.258 e. The number of hydrogen-bond acceptors (Lipinski definition) is 3. The molecule has 0 amide bonds. The lowest BCUT2D eigenvalue weighted by atomic mass is 10.1. The Labute approximate surface area is 172 Å². The first-order valence-corrected chi connectivity index (χ1v) is 9.31. The van der Waals surface area contributed by atoms with E-state index < -0.39 is 4.92 Å². The van der Waals surface area contributed by atoms with Gasteiger partial charge in [-0.3, -0.25) is 10.1 Å². The first-order chi connectivity index (χ1) is 14.1.